The summed E-state index contributed by atoms with van der Waals surface area (Å²) in [5.41, 5.74) is 0. The number of pyridine rings is 1. The molecule has 0 spiro atoms. The molecule has 4 heteroatoms. The van der Waals surface area contributed by atoms with Gasteiger partial charge in [-0.05, 0) is 30.4 Å². The Morgan fingerprint density at radius 3 is 3.06 bits per heavy atom. The number of thiophene rings is 1. The third-order valence-electron chi connectivity index (χ3n) is 2.94. The highest BCUT2D eigenvalue weighted by molar-refractivity contribution is 7.17. The van der Waals surface area contributed by atoms with Crippen LogP contribution < -0.4 is 4.90 Å². The Hall–Kier alpha value is -0.800. The lowest BCUT2D eigenvalue weighted by Gasteiger charge is -2.23. The van der Waals surface area contributed by atoms with E-state index < -0.39 is 0 Å². The summed E-state index contributed by atoms with van der Waals surface area (Å²) >= 11 is 7.65. The topological polar surface area (TPSA) is 16.1 Å². The van der Waals surface area contributed by atoms with Crippen LogP contribution in [0.2, 0.25) is 0 Å². The molecule has 16 heavy (non-hydrogen) atoms. The first-order valence-corrected chi connectivity index (χ1v) is 6.96. The number of halogens is 1. The Bertz CT molecular complexity index is 492. The Morgan fingerprint density at radius 1 is 1.44 bits per heavy atom. The highest BCUT2D eigenvalue weighted by Crippen LogP contribution is 2.35. The number of fused-ring (bicyclic) bond motifs is 1. The summed E-state index contributed by atoms with van der Waals surface area (Å²) in [6.45, 7) is 0.897. The summed E-state index contributed by atoms with van der Waals surface area (Å²) in [5, 5.41) is 3.39. The van der Waals surface area contributed by atoms with E-state index in [-0.39, 0.29) is 0 Å². The molecule has 3 rings (SSSR count). The van der Waals surface area contributed by atoms with Crippen molar-refractivity contribution >= 4 is 38.8 Å². The second kappa shape index (κ2) is 4.22. The van der Waals surface area contributed by atoms with Gasteiger partial charge in [0.05, 0.1) is 0 Å². The van der Waals surface area contributed by atoms with Gasteiger partial charge >= 0.3 is 0 Å². The Labute approximate surface area is 104 Å². The van der Waals surface area contributed by atoms with Crippen molar-refractivity contribution in [1.29, 1.82) is 0 Å². The minimum absolute atomic E-state index is 0.664. The number of aromatic nitrogens is 1. The second-order valence-corrected chi connectivity index (χ2v) is 5.41. The average Bonchev–Trinajstić information content (AvgIpc) is 3.02. The molecule has 2 aromatic rings. The molecule has 1 aliphatic carbocycles. The highest BCUT2D eigenvalue weighted by atomic mass is 35.5. The molecule has 84 valence electrons. The van der Waals surface area contributed by atoms with Gasteiger partial charge in [0.1, 0.15) is 5.82 Å². The number of nitrogens with zero attached hydrogens (tertiary/aromatic N) is 2. The van der Waals surface area contributed by atoms with Crippen LogP contribution in [0.15, 0.2) is 23.7 Å². The van der Waals surface area contributed by atoms with Crippen LogP contribution in [0.3, 0.4) is 0 Å². The molecule has 0 aliphatic heterocycles. The molecule has 2 aromatic heterocycles. The zero-order chi connectivity index (χ0) is 11.0. The normalized spacial score (nSPS) is 15.6. The lowest BCUT2D eigenvalue weighted by molar-refractivity contribution is 0.817. The summed E-state index contributed by atoms with van der Waals surface area (Å²) < 4.78 is 1.31. The molecule has 2 nitrogen and oxygen atoms in total. The molecular formula is C12H13ClN2S. The number of hydrogen-bond acceptors (Lipinski definition) is 3. The van der Waals surface area contributed by atoms with E-state index in [0.29, 0.717) is 11.9 Å². The zero-order valence-electron chi connectivity index (χ0n) is 8.90. The predicted molar refractivity (Wildman–Crippen MR) is 70.7 cm³/mol. The van der Waals surface area contributed by atoms with Gasteiger partial charge in [-0.2, -0.15) is 0 Å². The number of hydrogen-bond donors (Lipinski definition) is 0. The van der Waals surface area contributed by atoms with Crippen LogP contribution in [0, 0.1) is 0 Å². The van der Waals surface area contributed by atoms with Crippen LogP contribution in [-0.4, -0.2) is 23.5 Å². The van der Waals surface area contributed by atoms with Crippen LogP contribution in [0.5, 0.6) is 0 Å². The van der Waals surface area contributed by atoms with Crippen LogP contribution >= 0.6 is 22.9 Å². The fourth-order valence-electron chi connectivity index (χ4n) is 2.05. The fourth-order valence-corrected chi connectivity index (χ4v) is 3.01. The molecule has 0 aromatic carbocycles. The molecule has 0 radical (unpaired) electrons. The van der Waals surface area contributed by atoms with Gasteiger partial charge in [-0.15, -0.1) is 22.9 Å². The molecule has 0 saturated heterocycles. The van der Waals surface area contributed by atoms with E-state index >= 15 is 0 Å². The first-order chi connectivity index (χ1) is 7.90. The van der Waals surface area contributed by atoms with Gasteiger partial charge < -0.3 is 4.90 Å². The van der Waals surface area contributed by atoms with Crippen molar-refractivity contribution in [2.45, 2.75) is 18.9 Å². The van der Waals surface area contributed by atoms with E-state index in [9.17, 15) is 0 Å². The van der Waals surface area contributed by atoms with E-state index in [2.05, 4.69) is 27.4 Å². The quantitative estimate of drug-likeness (QED) is 0.775. The van der Waals surface area contributed by atoms with Gasteiger partial charge in [-0.25, -0.2) is 4.98 Å². The molecular weight excluding hydrogens is 240 g/mol. The molecule has 0 unspecified atom stereocenters. The maximum atomic E-state index is 5.88. The van der Waals surface area contributed by atoms with Gasteiger partial charge in [0.25, 0.3) is 0 Å². The lowest BCUT2D eigenvalue weighted by Crippen LogP contribution is -2.28. The van der Waals surface area contributed by atoms with Crippen molar-refractivity contribution in [2.24, 2.45) is 0 Å². The summed E-state index contributed by atoms with van der Waals surface area (Å²) in [7, 11) is 0. The second-order valence-electron chi connectivity index (χ2n) is 4.08. The van der Waals surface area contributed by atoms with Crippen molar-refractivity contribution in [1.82, 2.24) is 4.98 Å². The fraction of sp³-hybridized carbons (Fsp3) is 0.417. The zero-order valence-corrected chi connectivity index (χ0v) is 10.5. The van der Waals surface area contributed by atoms with Crippen LogP contribution in [0.4, 0.5) is 5.82 Å². The molecule has 0 bridgehead atoms. The van der Waals surface area contributed by atoms with Gasteiger partial charge in [0, 0.05) is 34.7 Å². The molecule has 0 amide bonds. The molecule has 1 aliphatic rings. The summed E-state index contributed by atoms with van der Waals surface area (Å²) in [6, 6.07) is 4.90. The van der Waals surface area contributed by atoms with Gasteiger partial charge in [0.15, 0.2) is 0 Å². The standard InChI is InChI=1S/C12H13ClN2S/c13-5-7-15(9-1-2-9)12-10-4-8-16-11(10)3-6-14-12/h3-4,6,8-9H,1-2,5,7H2. The Kier molecular flexibility index (Phi) is 2.74. The smallest absolute Gasteiger partial charge is 0.137 e. The largest absolute Gasteiger partial charge is 0.352 e. The van der Waals surface area contributed by atoms with Crippen molar-refractivity contribution in [2.75, 3.05) is 17.3 Å². The average molecular weight is 253 g/mol. The summed E-state index contributed by atoms with van der Waals surface area (Å²) in [4.78, 5) is 6.90. The van der Waals surface area contributed by atoms with Crippen LogP contribution in [-0.2, 0) is 0 Å². The van der Waals surface area contributed by atoms with Crippen molar-refractivity contribution < 1.29 is 0 Å². The molecule has 1 saturated carbocycles. The molecule has 0 N–H and O–H groups in total. The maximum absolute atomic E-state index is 5.88. The van der Waals surface area contributed by atoms with Crippen molar-refractivity contribution in [3.63, 3.8) is 0 Å². The van der Waals surface area contributed by atoms with Crippen molar-refractivity contribution in [3.8, 4) is 0 Å². The van der Waals surface area contributed by atoms with Crippen LogP contribution in [0.25, 0.3) is 10.1 Å². The first kappa shape index (κ1) is 10.4. The number of rotatable bonds is 4. The van der Waals surface area contributed by atoms with E-state index in [0.717, 1.165) is 12.4 Å². The SMILES string of the molecule is ClCCN(c1nccc2sccc12)C1CC1. The maximum Gasteiger partial charge on any atom is 0.137 e. The van der Waals surface area contributed by atoms with Gasteiger partial charge in [-0.3, -0.25) is 0 Å². The Balaban J connectivity index is 2.04. The summed E-state index contributed by atoms with van der Waals surface area (Å²) in [6.07, 6.45) is 4.45. The van der Waals surface area contributed by atoms with Crippen molar-refractivity contribution in [3.05, 3.63) is 23.7 Å². The third kappa shape index (κ3) is 1.78. The highest BCUT2D eigenvalue weighted by Gasteiger charge is 2.30. The van der Waals surface area contributed by atoms with E-state index in [1.165, 1.54) is 22.9 Å². The number of anilines is 1. The Morgan fingerprint density at radius 2 is 2.31 bits per heavy atom. The predicted octanol–water partition coefficient (Wildman–Crippen LogP) is 3.50. The number of alkyl halides is 1. The monoisotopic (exact) mass is 252 g/mol. The van der Waals surface area contributed by atoms with Gasteiger partial charge in [-0.1, -0.05) is 0 Å². The molecule has 2 heterocycles. The molecule has 0 atom stereocenters. The third-order valence-corrected chi connectivity index (χ3v) is 4.00. The first-order valence-electron chi connectivity index (χ1n) is 5.55. The minimum Gasteiger partial charge on any atom is -0.352 e. The lowest BCUT2D eigenvalue weighted by atomic mass is 10.3. The van der Waals surface area contributed by atoms with E-state index in [4.69, 9.17) is 11.6 Å². The van der Waals surface area contributed by atoms with E-state index in [1.54, 1.807) is 11.3 Å². The molecule has 1 fully saturated rings. The minimum atomic E-state index is 0.664. The van der Waals surface area contributed by atoms with Gasteiger partial charge in [0.2, 0.25) is 0 Å². The van der Waals surface area contributed by atoms with E-state index in [1.807, 2.05) is 6.20 Å². The van der Waals surface area contributed by atoms with Crippen LogP contribution in [0.1, 0.15) is 12.8 Å². The summed E-state index contributed by atoms with van der Waals surface area (Å²) in [5.74, 6) is 1.78.